The summed E-state index contributed by atoms with van der Waals surface area (Å²) >= 11 is 0. The van der Waals surface area contributed by atoms with Crippen molar-refractivity contribution in [3.63, 3.8) is 0 Å². The van der Waals surface area contributed by atoms with Gasteiger partial charge in [-0.3, -0.25) is 4.79 Å². The Balaban J connectivity index is 2.79. The molecule has 4 heteroatoms. The first-order valence-electron chi connectivity index (χ1n) is 5.72. The maximum absolute atomic E-state index is 10.6. The maximum Gasteiger partial charge on any atom is 0.305 e. The maximum atomic E-state index is 10.6. The molecule has 0 radical (unpaired) electrons. The molecule has 0 fully saturated rings. The molecule has 0 unspecified atom stereocenters. The van der Waals surface area contributed by atoms with Crippen LogP contribution in [0.2, 0.25) is 0 Å². The van der Waals surface area contributed by atoms with E-state index in [1.807, 2.05) is 48.2 Å². The molecule has 0 heterocycles. The lowest BCUT2D eigenvalue weighted by Crippen LogP contribution is -2.26. The summed E-state index contributed by atoms with van der Waals surface area (Å²) in [7, 11) is 3.94. The number of hydrogen-bond acceptors (Lipinski definition) is 3. The summed E-state index contributed by atoms with van der Waals surface area (Å²) in [4.78, 5) is 14.5. The molecule has 1 rings (SSSR count). The van der Waals surface area contributed by atoms with Gasteiger partial charge < -0.3 is 14.9 Å². The first kappa shape index (κ1) is 13.9. The van der Waals surface area contributed by atoms with E-state index in [4.69, 9.17) is 11.5 Å². The topological polar surface area (TPSA) is 43.8 Å². The van der Waals surface area contributed by atoms with E-state index in [1.54, 1.807) is 0 Å². The van der Waals surface area contributed by atoms with Crippen molar-refractivity contribution in [1.29, 1.82) is 0 Å². The van der Waals surface area contributed by atoms with E-state index in [-0.39, 0.29) is 6.42 Å². The minimum atomic E-state index is -0.818. The Labute approximate surface area is 108 Å². The molecule has 0 spiro atoms. The minimum Gasteiger partial charge on any atom is -0.481 e. The summed E-state index contributed by atoms with van der Waals surface area (Å²) in [5, 5.41) is 8.71. The van der Waals surface area contributed by atoms with Crippen LogP contribution in [-0.2, 0) is 4.79 Å². The number of anilines is 2. The predicted octanol–water partition coefficient (Wildman–Crippen LogP) is 1.67. The lowest BCUT2D eigenvalue weighted by atomic mass is 10.2. The summed E-state index contributed by atoms with van der Waals surface area (Å²) in [5.74, 6) is 1.73. The zero-order valence-corrected chi connectivity index (χ0v) is 10.8. The first-order chi connectivity index (χ1) is 8.54. The summed E-state index contributed by atoms with van der Waals surface area (Å²) in [6, 6.07) is 7.88. The van der Waals surface area contributed by atoms with Crippen LogP contribution in [0.5, 0.6) is 0 Å². The molecule has 0 aliphatic carbocycles. The van der Waals surface area contributed by atoms with Crippen LogP contribution in [0.3, 0.4) is 0 Å². The van der Waals surface area contributed by atoms with Crippen molar-refractivity contribution in [3.8, 4) is 12.3 Å². The summed E-state index contributed by atoms with van der Waals surface area (Å²) < 4.78 is 0. The Morgan fingerprint density at radius 3 is 2.28 bits per heavy atom. The fraction of sp³-hybridized carbons (Fsp3) is 0.357. The van der Waals surface area contributed by atoms with E-state index in [9.17, 15) is 4.79 Å². The van der Waals surface area contributed by atoms with Gasteiger partial charge in [-0.1, -0.05) is 5.92 Å². The van der Waals surface area contributed by atoms with Crippen LogP contribution in [0.25, 0.3) is 0 Å². The molecule has 0 bridgehead atoms. The predicted molar refractivity (Wildman–Crippen MR) is 74.1 cm³/mol. The van der Waals surface area contributed by atoms with Crippen molar-refractivity contribution < 1.29 is 9.90 Å². The van der Waals surface area contributed by atoms with Crippen molar-refractivity contribution >= 4 is 17.3 Å². The Morgan fingerprint density at radius 1 is 1.28 bits per heavy atom. The first-order valence-corrected chi connectivity index (χ1v) is 5.72. The van der Waals surface area contributed by atoms with Gasteiger partial charge in [0, 0.05) is 32.0 Å². The SMILES string of the molecule is C#CCN(CCC(=O)O)c1ccc(N(C)C)cc1. The third kappa shape index (κ3) is 4.02. The van der Waals surface area contributed by atoms with Gasteiger partial charge in [0.05, 0.1) is 13.0 Å². The van der Waals surface area contributed by atoms with Gasteiger partial charge in [0.1, 0.15) is 0 Å². The second kappa shape index (κ2) is 6.55. The highest BCUT2D eigenvalue weighted by molar-refractivity contribution is 5.68. The number of rotatable bonds is 6. The lowest BCUT2D eigenvalue weighted by Gasteiger charge is -2.22. The Bertz CT molecular complexity index is 432. The number of carbonyl (C=O) groups is 1. The smallest absolute Gasteiger partial charge is 0.305 e. The molecule has 96 valence electrons. The number of benzene rings is 1. The molecule has 1 aromatic rings. The molecule has 0 aliphatic rings. The fourth-order valence-electron chi connectivity index (χ4n) is 1.60. The zero-order chi connectivity index (χ0) is 13.5. The highest BCUT2D eigenvalue weighted by Gasteiger charge is 2.07. The van der Waals surface area contributed by atoms with Crippen LogP contribution < -0.4 is 9.80 Å². The van der Waals surface area contributed by atoms with E-state index >= 15 is 0 Å². The van der Waals surface area contributed by atoms with Gasteiger partial charge in [0.25, 0.3) is 0 Å². The third-order valence-electron chi connectivity index (χ3n) is 2.61. The molecule has 0 amide bonds. The second-order valence-electron chi connectivity index (χ2n) is 4.18. The van der Waals surface area contributed by atoms with E-state index in [2.05, 4.69) is 5.92 Å². The normalized spacial score (nSPS) is 9.61. The minimum absolute atomic E-state index is 0.0805. The molecular weight excluding hydrogens is 228 g/mol. The van der Waals surface area contributed by atoms with E-state index in [0.717, 1.165) is 11.4 Å². The summed E-state index contributed by atoms with van der Waals surface area (Å²) in [5.41, 5.74) is 2.04. The fourth-order valence-corrected chi connectivity index (χ4v) is 1.60. The molecule has 0 saturated carbocycles. The summed E-state index contributed by atoms with van der Waals surface area (Å²) in [6.07, 6.45) is 5.38. The average molecular weight is 246 g/mol. The Morgan fingerprint density at radius 2 is 1.83 bits per heavy atom. The van der Waals surface area contributed by atoms with E-state index in [1.165, 1.54) is 0 Å². The van der Waals surface area contributed by atoms with Gasteiger partial charge in [0.2, 0.25) is 0 Å². The van der Waals surface area contributed by atoms with Crippen LogP contribution in [0.15, 0.2) is 24.3 Å². The van der Waals surface area contributed by atoms with Crippen LogP contribution in [0.4, 0.5) is 11.4 Å². The van der Waals surface area contributed by atoms with Gasteiger partial charge >= 0.3 is 5.97 Å². The van der Waals surface area contributed by atoms with Crippen molar-refractivity contribution in [2.75, 3.05) is 37.0 Å². The van der Waals surface area contributed by atoms with Crippen LogP contribution in [-0.4, -0.2) is 38.3 Å². The molecule has 0 aliphatic heterocycles. The molecule has 18 heavy (non-hydrogen) atoms. The molecule has 0 saturated heterocycles. The average Bonchev–Trinajstić information content (AvgIpc) is 2.34. The molecule has 4 nitrogen and oxygen atoms in total. The van der Waals surface area contributed by atoms with Crippen molar-refractivity contribution in [2.45, 2.75) is 6.42 Å². The van der Waals surface area contributed by atoms with Crippen LogP contribution in [0.1, 0.15) is 6.42 Å². The van der Waals surface area contributed by atoms with Gasteiger partial charge in [-0.05, 0) is 24.3 Å². The van der Waals surface area contributed by atoms with E-state index in [0.29, 0.717) is 13.1 Å². The van der Waals surface area contributed by atoms with Crippen molar-refractivity contribution in [2.24, 2.45) is 0 Å². The molecule has 0 atom stereocenters. The van der Waals surface area contributed by atoms with Gasteiger partial charge in [0.15, 0.2) is 0 Å². The standard InChI is InChI=1S/C14H18N2O2/c1-4-10-16(11-9-14(17)18)13-7-5-12(6-8-13)15(2)3/h1,5-8H,9-11H2,2-3H3,(H,17,18). The number of carboxylic acid groups (broad SMARTS) is 1. The third-order valence-corrected chi connectivity index (χ3v) is 2.61. The molecule has 1 aromatic carbocycles. The summed E-state index contributed by atoms with van der Waals surface area (Å²) in [6.45, 7) is 0.829. The largest absolute Gasteiger partial charge is 0.481 e. The van der Waals surface area contributed by atoms with Gasteiger partial charge in [-0.15, -0.1) is 6.42 Å². The molecule has 1 N–H and O–H groups in total. The quantitative estimate of drug-likeness (QED) is 0.775. The highest BCUT2D eigenvalue weighted by Crippen LogP contribution is 2.19. The molecule has 0 aromatic heterocycles. The second-order valence-corrected chi connectivity index (χ2v) is 4.18. The lowest BCUT2D eigenvalue weighted by molar-refractivity contribution is -0.136. The number of nitrogens with zero attached hydrogens (tertiary/aromatic N) is 2. The highest BCUT2D eigenvalue weighted by atomic mass is 16.4. The van der Waals surface area contributed by atoms with Crippen molar-refractivity contribution in [1.82, 2.24) is 0 Å². The number of carboxylic acids is 1. The molecular formula is C14H18N2O2. The Hall–Kier alpha value is -2.15. The van der Waals surface area contributed by atoms with Crippen LogP contribution in [0, 0.1) is 12.3 Å². The van der Waals surface area contributed by atoms with E-state index < -0.39 is 5.97 Å². The van der Waals surface area contributed by atoms with Gasteiger partial charge in [-0.2, -0.15) is 0 Å². The Kier molecular flexibility index (Phi) is 5.06. The van der Waals surface area contributed by atoms with Crippen molar-refractivity contribution in [3.05, 3.63) is 24.3 Å². The number of aliphatic carboxylic acids is 1. The monoisotopic (exact) mass is 246 g/mol. The van der Waals surface area contributed by atoms with Crippen LogP contribution >= 0.6 is 0 Å². The zero-order valence-electron chi connectivity index (χ0n) is 10.8. The number of hydrogen-bond donors (Lipinski definition) is 1. The van der Waals surface area contributed by atoms with Gasteiger partial charge in [-0.25, -0.2) is 0 Å². The number of terminal acetylenes is 1.